The average molecular weight is 733 g/mol. The minimum absolute atomic E-state index is 0.0138. The fourth-order valence-electron chi connectivity index (χ4n) is 9.15. The highest BCUT2D eigenvalue weighted by Crippen LogP contribution is 2.42. The molecule has 3 aromatic rings. The van der Waals surface area contributed by atoms with E-state index in [9.17, 15) is 14.3 Å². The minimum Gasteiger partial charge on any atom is -0.461 e. The smallest absolute Gasteiger partial charge is 0.319 e. The van der Waals surface area contributed by atoms with Gasteiger partial charge in [-0.05, 0) is 68.7 Å². The van der Waals surface area contributed by atoms with Crippen LogP contribution in [0.15, 0.2) is 31.0 Å². The number of carbonyl (C=O) groups excluding carboxylic acids is 1. The summed E-state index contributed by atoms with van der Waals surface area (Å²) in [4.78, 5) is 30.5. The van der Waals surface area contributed by atoms with E-state index in [-0.39, 0.29) is 78.4 Å². The molecule has 0 spiro atoms. The predicted molar refractivity (Wildman–Crippen MR) is 194 cm³/mol. The van der Waals surface area contributed by atoms with Crippen molar-refractivity contribution in [2.75, 3.05) is 45.3 Å². The highest BCUT2D eigenvalue weighted by atomic mass is 19.1. The lowest BCUT2D eigenvalue weighted by Gasteiger charge is -2.41. The first-order valence-corrected chi connectivity index (χ1v) is 18.5. The lowest BCUT2D eigenvalue weighted by atomic mass is 9.77. The summed E-state index contributed by atoms with van der Waals surface area (Å²) < 4.78 is 58.9. The number of hydrogen-bond acceptors (Lipinski definition) is 9. The molecule has 1 saturated carbocycles. The molecule has 0 radical (unpaired) electrons. The molecule has 282 valence electrons. The van der Waals surface area contributed by atoms with Crippen LogP contribution in [0.3, 0.4) is 0 Å². The number of anilines is 1. The Morgan fingerprint density at radius 3 is 2.74 bits per heavy atom. The summed E-state index contributed by atoms with van der Waals surface area (Å²) in [5.41, 5.74) is -0.260. The highest BCUT2D eigenvalue weighted by Gasteiger charge is 2.47. The van der Waals surface area contributed by atoms with Gasteiger partial charge in [0.1, 0.15) is 29.9 Å². The lowest BCUT2D eigenvalue weighted by Crippen LogP contribution is -2.52. The number of rotatable bonds is 10. The van der Waals surface area contributed by atoms with Crippen LogP contribution in [0.1, 0.15) is 86.6 Å². The first-order valence-electron chi connectivity index (χ1n) is 18.5. The number of terminal acetylenes is 1. The maximum atomic E-state index is 17.0. The molecule has 2 aliphatic carbocycles. The van der Waals surface area contributed by atoms with Crippen molar-refractivity contribution < 1.29 is 32.5 Å². The fraction of sp³-hybridized carbons (Fsp3) is 0.550. The second-order valence-electron chi connectivity index (χ2n) is 15.3. The molecule has 13 heteroatoms. The average Bonchev–Trinajstić information content (AvgIpc) is 3.77. The highest BCUT2D eigenvalue weighted by molar-refractivity contribution is 5.90. The Morgan fingerprint density at radius 1 is 1.26 bits per heavy atom. The predicted octanol–water partition coefficient (Wildman–Crippen LogP) is 5.45. The van der Waals surface area contributed by atoms with Crippen LogP contribution in [0, 0.1) is 24.0 Å². The molecule has 1 amide bonds. The number of pyridine rings is 1. The van der Waals surface area contributed by atoms with Crippen LogP contribution < -0.4 is 10.1 Å². The Balaban J connectivity index is 1.29. The Hall–Kier alpha value is -4.25. The largest absolute Gasteiger partial charge is 0.461 e. The van der Waals surface area contributed by atoms with Crippen LogP contribution in [0.25, 0.3) is 10.9 Å². The van der Waals surface area contributed by atoms with Crippen molar-refractivity contribution in [2.45, 2.75) is 100 Å². The number of amides is 1. The zero-order valence-electron chi connectivity index (χ0n) is 30.3. The van der Waals surface area contributed by atoms with Crippen LogP contribution in [-0.2, 0) is 16.0 Å². The molecule has 10 nitrogen and oxygen atoms in total. The number of aliphatic hydroxyl groups excluding tert-OH is 1. The van der Waals surface area contributed by atoms with Crippen molar-refractivity contribution in [1.29, 1.82) is 0 Å². The third kappa shape index (κ3) is 6.97. The second kappa shape index (κ2) is 14.9. The number of likely N-dealkylation sites (N-methyl/N-ethyl adjacent to an activating group) is 1. The number of aromatic nitrogens is 3. The number of nitrogens with zero attached hydrogens (tertiary/aromatic N) is 5. The van der Waals surface area contributed by atoms with Gasteiger partial charge in [0, 0.05) is 57.9 Å². The Bertz CT molecular complexity index is 1930. The van der Waals surface area contributed by atoms with Gasteiger partial charge in [-0.1, -0.05) is 31.4 Å². The van der Waals surface area contributed by atoms with Crippen molar-refractivity contribution in [1.82, 2.24) is 24.8 Å². The monoisotopic (exact) mass is 732 g/mol. The number of alkyl halides is 1. The molecular weight excluding hydrogens is 685 g/mol. The molecule has 2 N–H and O–H groups in total. The summed E-state index contributed by atoms with van der Waals surface area (Å²) in [5.74, 6) is 0.254. The number of ether oxygens (including phenoxy) is 2. The maximum absolute atomic E-state index is 17.0. The van der Waals surface area contributed by atoms with Gasteiger partial charge in [-0.15, -0.1) is 6.42 Å². The van der Waals surface area contributed by atoms with Crippen molar-refractivity contribution >= 4 is 22.6 Å². The molecule has 7 rings (SSSR count). The number of hydrogen-bond donors (Lipinski definition) is 2. The maximum Gasteiger partial charge on any atom is 0.319 e. The number of benzene rings is 1. The molecule has 2 aromatic heterocycles. The van der Waals surface area contributed by atoms with Gasteiger partial charge >= 0.3 is 6.01 Å². The minimum atomic E-state index is -1.03. The Morgan fingerprint density at radius 2 is 2.02 bits per heavy atom. The summed E-state index contributed by atoms with van der Waals surface area (Å²) in [5, 5.41) is 14.5. The molecule has 4 aliphatic rings. The van der Waals surface area contributed by atoms with Gasteiger partial charge in [0.2, 0.25) is 5.91 Å². The molecule has 4 atom stereocenters. The van der Waals surface area contributed by atoms with Crippen molar-refractivity contribution in [3.8, 4) is 18.4 Å². The number of likely N-dealkylation sites (tertiary alicyclic amines) is 1. The number of halogens is 3. The van der Waals surface area contributed by atoms with Crippen LogP contribution in [0.4, 0.5) is 19.0 Å². The fourth-order valence-corrected chi connectivity index (χ4v) is 9.15. The summed E-state index contributed by atoms with van der Waals surface area (Å²) >= 11 is 0. The molecule has 0 unspecified atom stereocenters. The van der Waals surface area contributed by atoms with Crippen molar-refractivity contribution in [2.24, 2.45) is 0 Å². The van der Waals surface area contributed by atoms with Gasteiger partial charge in [-0.2, -0.15) is 9.97 Å². The second-order valence-corrected chi connectivity index (χ2v) is 15.3. The van der Waals surface area contributed by atoms with Gasteiger partial charge in [0.25, 0.3) is 0 Å². The van der Waals surface area contributed by atoms with E-state index in [0.717, 1.165) is 38.5 Å². The molecule has 53 heavy (non-hydrogen) atoms. The quantitative estimate of drug-likeness (QED) is 0.208. The molecule has 2 aliphatic heterocycles. The van der Waals surface area contributed by atoms with Crippen LogP contribution >= 0.6 is 0 Å². The number of carbonyl (C=O) groups is 1. The molecule has 1 aromatic carbocycles. The first-order chi connectivity index (χ1) is 25.5. The van der Waals surface area contributed by atoms with Gasteiger partial charge in [0.15, 0.2) is 5.82 Å². The summed E-state index contributed by atoms with van der Waals surface area (Å²) in [6, 6.07) is 2.86. The van der Waals surface area contributed by atoms with Crippen LogP contribution in [-0.4, -0.2) is 105 Å². The molecule has 0 bridgehead atoms. The standard InChI is InChI=1S/C40H47F3N6O4/c1-5-28-31(42)10-9-24-17-27(50)18-29(33(24)28)35-34(43)36-30(20-44-35)37(45-22-40(13-7-8-14-40)48(4)32(51)6-2)47-38(46-36)53-23-39(3)19-25(41)21-49(39)26-11-15-52-16-12-26/h1,6,9-10,20,25-27,29,50H,2,7-8,11-19,21-23H2,3-4H3,(H,45,46,47)/t25-,27+,29+,39+/m1/s1. The van der Waals surface area contributed by atoms with E-state index in [1.807, 2.05) is 6.92 Å². The Labute approximate surface area is 308 Å². The van der Waals surface area contributed by atoms with Crippen molar-refractivity contribution in [3.63, 3.8) is 0 Å². The van der Waals surface area contributed by atoms with Gasteiger partial charge in [-0.25, -0.2) is 13.2 Å². The number of nitrogens with one attached hydrogen (secondary N) is 1. The molecule has 2 saturated heterocycles. The molecular formula is C40H47F3N6O4. The zero-order valence-corrected chi connectivity index (χ0v) is 30.3. The van der Waals surface area contributed by atoms with E-state index in [4.69, 9.17) is 20.9 Å². The van der Waals surface area contributed by atoms with Crippen molar-refractivity contribution in [3.05, 3.63) is 65.0 Å². The third-order valence-corrected chi connectivity index (χ3v) is 12.0. The Kier molecular flexibility index (Phi) is 10.4. The van der Waals surface area contributed by atoms with E-state index < -0.39 is 40.9 Å². The van der Waals surface area contributed by atoms with E-state index in [2.05, 4.69) is 32.7 Å². The lowest BCUT2D eigenvalue weighted by molar-refractivity contribution is -0.129. The van der Waals surface area contributed by atoms with Gasteiger partial charge in [-0.3, -0.25) is 14.7 Å². The van der Waals surface area contributed by atoms with Crippen LogP contribution in [0.5, 0.6) is 6.01 Å². The van der Waals surface area contributed by atoms with Gasteiger partial charge < -0.3 is 24.8 Å². The van der Waals surface area contributed by atoms with E-state index in [1.165, 1.54) is 18.3 Å². The van der Waals surface area contributed by atoms with Gasteiger partial charge in [0.05, 0.1) is 33.8 Å². The van der Waals surface area contributed by atoms with Crippen LogP contribution in [0.2, 0.25) is 0 Å². The first kappa shape index (κ1) is 37.1. The van der Waals surface area contributed by atoms with E-state index >= 15 is 8.78 Å². The molecule has 4 heterocycles. The third-order valence-electron chi connectivity index (χ3n) is 12.0. The SMILES string of the molecule is C#Cc1c(F)ccc2c1[C@@H](c1ncc3c(NCC4(N(C)C(=O)C=C)CCCC4)nc(OC[C@]4(C)C[C@@H](F)CN4C4CCOCC4)nc3c1F)C[C@@H](O)C2. The summed E-state index contributed by atoms with van der Waals surface area (Å²) in [6.07, 6.45) is 12.2. The van der Waals surface area contributed by atoms with E-state index in [1.54, 1.807) is 18.0 Å². The summed E-state index contributed by atoms with van der Waals surface area (Å²) in [6.45, 7) is 7.51. The number of fused-ring (bicyclic) bond motifs is 2. The number of aliphatic hydroxyl groups is 1. The summed E-state index contributed by atoms with van der Waals surface area (Å²) in [7, 11) is 1.76. The normalized spacial score (nSPS) is 25.9. The topological polar surface area (TPSA) is 113 Å². The molecule has 3 fully saturated rings. The zero-order chi connectivity index (χ0) is 37.5. The van der Waals surface area contributed by atoms with E-state index in [0.29, 0.717) is 30.9 Å².